The predicted octanol–water partition coefficient (Wildman–Crippen LogP) is 4.78. The number of ether oxygens (including phenoxy) is 2. The van der Waals surface area contributed by atoms with E-state index in [9.17, 15) is 4.79 Å². The summed E-state index contributed by atoms with van der Waals surface area (Å²) < 4.78 is 11.8. The Morgan fingerprint density at radius 1 is 1.06 bits per heavy atom. The molecule has 0 fully saturated rings. The number of amides is 1. The summed E-state index contributed by atoms with van der Waals surface area (Å²) in [6.45, 7) is 1.55. The second kappa shape index (κ2) is 11.4. The lowest BCUT2D eigenvalue weighted by molar-refractivity contribution is -0.118. The van der Waals surface area contributed by atoms with Crippen molar-refractivity contribution in [2.24, 2.45) is 0 Å². The fourth-order valence-electron chi connectivity index (χ4n) is 3.14. The Kier molecular flexibility index (Phi) is 8.57. The molecule has 2 aromatic carbocycles. The van der Waals surface area contributed by atoms with Crippen molar-refractivity contribution in [3.05, 3.63) is 42.5 Å². The smallest absolute Gasteiger partial charge is 0.229 e. The first kappa shape index (κ1) is 23.4. The average Bonchev–Trinajstić information content (AvgIpc) is 3.18. The van der Waals surface area contributed by atoms with Crippen molar-refractivity contribution in [1.82, 2.24) is 9.88 Å². The van der Waals surface area contributed by atoms with Crippen LogP contribution in [-0.4, -0.2) is 62.9 Å². The number of nitrogens with zero attached hydrogens (tertiary/aromatic N) is 3. The molecular weight excluding hydrogens is 430 g/mol. The van der Waals surface area contributed by atoms with E-state index >= 15 is 0 Å². The molecule has 0 saturated carbocycles. The molecule has 0 spiro atoms. The summed E-state index contributed by atoms with van der Waals surface area (Å²) >= 11 is 3.21. The molecule has 0 radical (unpaired) electrons. The Balaban J connectivity index is 1.77. The van der Waals surface area contributed by atoms with Crippen molar-refractivity contribution < 1.29 is 14.3 Å². The molecule has 0 atom stereocenters. The molecule has 1 amide bonds. The van der Waals surface area contributed by atoms with Crippen LogP contribution in [0.3, 0.4) is 0 Å². The van der Waals surface area contributed by atoms with Gasteiger partial charge in [0, 0.05) is 35.7 Å². The van der Waals surface area contributed by atoms with Gasteiger partial charge in [0.25, 0.3) is 0 Å². The third-order valence-corrected chi connectivity index (χ3v) is 6.78. The van der Waals surface area contributed by atoms with Crippen molar-refractivity contribution in [2.45, 2.75) is 17.7 Å². The second-order valence-corrected chi connectivity index (χ2v) is 9.46. The predicted molar refractivity (Wildman–Crippen MR) is 130 cm³/mol. The third kappa shape index (κ3) is 6.35. The number of methoxy groups -OCH3 is 2. The van der Waals surface area contributed by atoms with Gasteiger partial charge in [0.1, 0.15) is 0 Å². The fraction of sp³-hybridized carbons (Fsp3) is 0.391. The zero-order chi connectivity index (χ0) is 22.2. The number of carbonyl (C=O) groups excluding carboxylic acids is 1. The molecule has 0 unspecified atom stereocenters. The van der Waals surface area contributed by atoms with Crippen LogP contribution in [0.25, 0.3) is 10.2 Å². The maximum atomic E-state index is 13.1. The van der Waals surface area contributed by atoms with E-state index in [-0.39, 0.29) is 5.91 Å². The summed E-state index contributed by atoms with van der Waals surface area (Å²) in [6, 6.07) is 13.9. The van der Waals surface area contributed by atoms with E-state index in [1.165, 1.54) is 16.2 Å². The van der Waals surface area contributed by atoms with E-state index in [2.05, 4.69) is 17.0 Å². The molecular formula is C23H29N3O3S2. The van der Waals surface area contributed by atoms with Gasteiger partial charge in [0.2, 0.25) is 5.91 Å². The first-order valence-corrected chi connectivity index (χ1v) is 12.0. The molecule has 0 aliphatic rings. The maximum absolute atomic E-state index is 13.1. The fourth-order valence-corrected chi connectivity index (χ4v) is 5.02. The first-order valence-electron chi connectivity index (χ1n) is 10.2. The normalized spacial score (nSPS) is 11.1. The minimum atomic E-state index is 0.0974. The van der Waals surface area contributed by atoms with Gasteiger partial charge in [0.05, 0.1) is 24.4 Å². The van der Waals surface area contributed by atoms with Gasteiger partial charge >= 0.3 is 0 Å². The Labute approximate surface area is 192 Å². The van der Waals surface area contributed by atoms with Crippen molar-refractivity contribution in [3.8, 4) is 11.5 Å². The van der Waals surface area contributed by atoms with Crippen LogP contribution in [0.4, 0.5) is 5.13 Å². The molecule has 1 aromatic heterocycles. The summed E-state index contributed by atoms with van der Waals surface area (Å²) in [5.41, 5.74) is 0.807. The maximum Gasteiger partial charge on any atom is 0.229 e. The van der Waals surface area contributed by atoms with Crippen molar-refractivity contribution >= 4 is 44.4 Å². The summed E-state index contributed by atoms with van der Waals surface area (Å²) in [5.74, 6) is 2.13. The number of hydrogen-bond acceptors (Lipinski definition) is 7. The van der Waals surface area contributed by atoms with Gasteiger partial charge in [-0.1, -0.05) is 29.5 Å². The molecule has 0 N–H and O–H groups in total. The highest BCUT2D eigenvalue weighted by Crippen LogP contribution is 2.37. The van der Waals surface area contributed by atoms with Gasteiger partial charge in [-0.2, -0.15) is 0 Å². The summed E-state index contributed by atoms with van der Waals surface area (Å²) in [6.07, 6.45) is 1.34. The largest absolute Gasteiger partial charge is 0.493 e. The van der Waals surface area contributed by atoms with E-state index in [1.807, 2.05) is 49.3 Å². The van der Waals surface area contributed by atoms with Crippen molar-refractivity contribution in [2.75, 3.05) is 52.1 Å². The van der Waals surface area contributed by atoms with Gasteiger partial charge in [-0.15, -0.1) is 11.8 Å². The third-order valence-electron chi connectivity index (χ3n) is 4.73. The van der Waals surface area contributed by atoms with E-state index < -0.39 is 0 Å². The van der Waals surface area contributed by atoms with Crippen LogP contribution in [0.5, 0.6) is 11.5 Å². The number of thiazole rings is 1. The molecule has 31 heavy (non-hydrogen) atoms. The van der Waals surface area contributed by atoms with Crippen LogP contribution in [-0.2, 0) is 4.79 Å². The lowest BCUT2D eigenvalue weighted by Gasteiger charge is -2.21. The monoisotopic (exact) mass is 459 g/mol. The molecule has 166 valence electrons. The topological polar surface area (TPSA) is 54.9 Å². The molecule has 3 aromatic rings. The first-order chi connectivity index (χ1) is 15.0. The highest BCUT2D eigenvalue weighted by atomic mass is 32.2. The van der Waals surface area contributed by atoms with E-state index in [1.54, 1.807) is 26.0 Å². The number of carbonyl (C=O) groups is 1. The van der Waals surface area contributed by atoms with Crippen LogP contribution >= 0.6 is 23.1 Å². The summed E-state index contributed by atoms with van der Waals surface area (Å²) in [4.78, 5) is 23.0. The molecule has 3 rings (SSSR count). The van der Waals surface area contributed by atoms with Gasteiger partial charge in [-0.05, 0) is 39.2 Å². The van der Waals surface area contributed by atoms with Crippen LogP contribution in [0, 0.1) is 0 Å². The standard InChI is InChI=1S/C23H29N3O3S2/c1-25(2)12-8-13-26(22(27)11-14-30-17-9-6-5-7-10-17)23-24-18-15-19(28-3)20(29-4)16-21(18)31-23/h5-7,9-10,15-16H,8,11-14H2,1-4H3. The molecule has 0 bridgehead atoms. The highest BCUT2D eigenvalue weighted by Gasteiger charge is 2.20. The van der Waals surface area contributed by atoms with Crippen LogP contribution < -0.4 is 14.4 Å². The molecule has 8 heteroatoms. The van der Waals surface area contributed by atoms with Crippen molar-refractivity contribution in [1.29, 1.82) is 0 Å². The van der Waals surface area contributed by atoms with E-state index in [4.69, 9.17) is 14.5 Å². The highest BCUT2D eigenvalue weighted by molar-refractivity contribution is 7.99. The van der Waals surface area contributed by atoms with Crippen LogP contribution in [0.1, 0.15) is 12.8 Å². The molecule has 0 saturated heterocycles. The SMILES string of the molecule is COc1cc2nc(N(CCCN(C)C)C(=O)CCSc3ccccc3)sc2cc1OC. The molecule has 1 heterocycles. The Morgan fingerprint density at radius 3 is 2.45 bits per heavy atom. The Morgan fingerprint density at radius 2 is 1.77 bits per heavy atom. The second-order valence-electron chi connectivity index (χ2n) is 7.29. The number of rotatable bonds is 11. The van der Waals surface area contributed by atoms with Crippen molar-refractivity contribution in [3.63, 3.8) is 0 Å². The van der Waals surface area contributed by atoms with Crippen LogP contribution in [0.2, 0.25) is 0 Å². The minimum Gasteiger partial charge on any atom is -0.493 e. The van der Waals surface area contributed by atoms with E-state index in [0.717, 1.165) is 34.1 Å². The van der Waals surface area contributed by atoms with Gasteiger partial charge in [-0.3, -0.25) is 9.69 Å². The lowest BCUT2D eigenvalue weighted by atomic mass is 10.3. The lowest BCUT2D eigenvalue weighted by Crippen LogP contribution is -2.33. The quantitative estimate of drug-likeness (QED) is 0.385. The van der Waals surface area contributed by atoms with Gasteiger partial charge in [-0.25, -0.2) is 4.98 Å². The van der Waals surface area contributed by atoms with Crippen LogP contribution in [0.15, 0.2) is 47.4 Å². The summed E-state index contributed by atoms with van der Waals surface area (Å²) in [5, 5.41) is 0.721. The number of benzene rings is 2. The zero-order valence-corrected chi connectivity index (χ0v) is 20.1. The zero-order valence-electron chi connectivity index (χ0n) is 18.5. The number of aromatic nitrogens is 1. The minimum absolute atomic E-state index is 0.0974. The molecule has 0 aliphatic carbocycles. The average molecular weight is 460 g/mol. The Hall–Kier alpha value is -2.29. The number of fused-ring (bicyclic) bond motifs is 1. The molecule has 6 nitrogen and oxygen atoms in total. The molecule has 0 aliphatic heterocycles. The van der Waals surface area contributed by atoms with E-state index in [0.29, 0.717) is 24.5 Å². The van der Waals surface area contributed by atoms with Gasteiger partial charge in [0.15, 0.2) is 16.6 Å². The van der Waals surface area contributed by atoms with Gasteiger partial charge < -0.3 is 14.4 Å². The number of anilines is 1. The summed E-state index contributed by atoms with van der Waals surface area (Å²) in [7, 11) is 7.31. The Bertz CT molecular complexity index is 951. The number of hydrogen-bond donors (Lipinski definition) is 0. The number of thioether (sulfide) groups is 1.